The van der Waals surface area contributed by atoms with Crippen LogP contribution in [-0.2, 0) is 0 Å². The van der Waals surface area contributed by atoms with Crippen LogP contribution in [0.5, 0.6) is 0 Å². The number of rotatable bonds is 3. The summed E-state index contributed by atoms with van der Waals surface area (Å²) in [5, 5.41) is 20.5. The number of carbonyl (C=O) groups excluding carboxylic acids is 1. The predicted molar refractivity (Wildman–Crippen MR) is 57.6 cm³/mol. The molecule has 5 heteroatoms. The van der Waals surface area contributed by atoms with E-state index >= 15 is 0 Å². The number of aliphatic hydroxyl groups is 1. The van der Waals surface area contributed by atoms with Crippen molar-refractivity contribution >= 4 is 5.91 Å². The molecule has 84 valence electrons. The summed E-state index contributed by atoms with van der Waals surface area (Å²) in [4.78, 5) is 15.4. The fourth-order valence-electron chi connectivity index (χ4n) is 0.981. The Labute approximate surface area is 93.7 Å². The van der Waals surface area contributed by atoms with Gasteiger partial charge < -0.3 is 10.4 Å². The number of pyridine rings is 1. The van der Waals surface area contributed by atoms with Gasteiger partial charge in [0.1, 0.15) is 11.8 Å². The number of aromatic nitrogens is 1. The Morgan fingerprint density at radius 3 is 2.75 bits per heavy atom. The molecule has 0 fully saturated rings. The molecule has 0 unspecified atom stereocenters. The molecular weight excluding hydrogens is 206 g/mol. The smallest absolute Gasteiger partial charge is 0.269 e. The van der Waals surface area contributed by atoms with Crippen molar-refractivity contribution in [1.82, 2.24) is 10.3 Å². The number of nitriles is 1. The molecule has 1 heterocycles. The van der Waals surface area contributed by atoms with Gasteiger partial charge in [-0.05, 0) is 26.0 Å². The standard InChI is InChI=1S/C11H13N3O2/c1-11(2,16)7-14-10(15)9-4-3-8(5-12)6-13-9/h3-4,6,16H,7H2,1-2H3,(H,14,15). The summed E-state index contributed by atoms with van der Waals surface area (Å²) < 4.78 is 0. The predicted octanol–water partition coefficient (Wildman–Crippen LogP) is 0.454. The van der Waals surface area contributed by atoms with E-state index in [9.17, 15) is 9.90 Å². The summed E-state index contributed by atoms with van der Waals surface area (Å²) in [6.45, 7) is 3.34. The second-order valence-electron chi connectivity index (χ2n) is 4.04. The van der Waals surface area contributed by atoms with Crippen molar-refractivity contribution in [3.05, 3.63) is 29.6 Å². The fraction of sp³-hybridized carbons (Fsp3) is 0.364. The van der Waals surface area contributed by atoms with E-state index in [-0.39, 0.29) is 18.1 Å². The largest absolute Gasteiger partial charge is 0.389 e. The minimum absolute atomic E-state index is 0.146. The Bertz CT molecular complexity index is 412. The van der Waals surface area contributed by atoms with Crippen LogP contribution in [0.1, 0.15) is 29.9 Å². The van der Waals surface area contributed by atoms with Crippen molar-refractivity contribution in [3.8, 4) is 6.07 Å². The average molecular weight is 219 g/mol. The Morgan fingerprint density at radius 2 is 2.31 bits per heavy atom. The van der Waals surface area contributed by atoms with Gasteiger partial charge in [0, 0.05) is 12.7 Å². The van der Waals surface area contributed by atoms with E-state index in [1.54, 1.807) is 13.8 Å². The molecule has 0 bridgehead atoms. The van der Waals surface area contributed by atoms with Gasteiger partial charge in [-0.2, -0.15) is 5.26 Å². The molecule has 1 amide bonds. The van der Waals surface area contributed by atoms with Gasteiger partial charge in [0.05, 0.1) is 11.2 Å². The summed E-state index contributed by atoms with van der Waals surface area (Å²) in [6, 6.07) is 4.91. The first-order chi connectivity index (χ1) is 7.42. The molecule has 2 N–H and O–H groups in total. The molecule has 0 aliphatic heterocycles. The Morgan fingerprint density at radius 1 is 1.62 bits per heavy atom. The zero-order valence-electron chi connectivity index (χ0n) is 9.19. The molecule has 0 aromatic carbocycles. The number of hydrogen-bond donors (Lipinski definition) is 2. The summed E-state index contributed by atoms with van der Waals surface area (Å²) in [5.74, 6) is -0.369. The number of carbonyl (C=O) groups is 1. The van der Waals surface area contributed by atoms with Gasteiger partial charge in [0.2, 0.25) is 0 Å². The van der Waals surface area contributed by atoms with Crippen LogP contribution in [0.15, 0.2) is 18.3 Å². The van der Waals surface area contributed by atoms with Crippen LogP contribution >= 0.6 is 0 Å². The molecule has 0 aliphatic rings. The van der Waals surface area contributed by atoms with Crippen LogP contribution in [0.4, 0.5) is 0 Å². The molecular formula is C11H13N3O2. The average Bonchev–Trinajstić information content (AvgIpc) is 2.25. The van der Waals surface area contributed by atoms with Gasteiger partial charge in [-0.3, -0.25) is 4.79 Å². The molecule has 0 saturated carbocycles. The lowest BCUT2D eigenvalue weighted by Crippen LogP contribution is -2.38. The van der Waals surface area contributed by atoms with Crippen molar-refractivity contribution in [3.63, 3.8) is 0 Å². The van der Waals surface area contributed by atoms with E-state index in [2.05, 4.69) is 10.3 Å². The minimum Gasteiger partial charge on any atom is -0.389 e. The van der Waals surface area contributed by atoms with E-state index < -0.39 is 5.60 Å². The molecule has 5 nitrogen and oxygen atoms in total. The van der Waals surface area contributed by atoms with Crippen LogP contribution < -0.4 is 5.32 Å². The first-order valence-electron chi connectivity index (χ1n) is 4.79. The third-order valence-electron chi connectivity index (χ3n) is 1.81. The number of hydrogen-bond acceptors (Lipinski definition) is 4. The first kappa shape index (κ1) is 12.1. The second kappa shape index (κ2) is 4.73. The normalized spacial score (nSPS) is 10.6. The molecule has 0 atom stereocenters. The quantitative estimate of drug-likeness (QED) is 0.773. The van der Waals surface area contributed by atoms with E-state index in [1.807, 2.05) is 6.07 Å². The molecule has 0 saturated heterocycles. The van der Waals surface area contributed by atoms with E-state index in [1.165, 1.54) is 18.3 Å². The number of nitrogens with zero attached hydrogens (tertiary/aromatic N) is 2. The lowest BCUT2D eigenvalue weighted by molar-refractivity contribution is 0.0692. The molecule has 1 aromatic heterocycles. The maximum atomic E-state index is 11.5. The summed E-state index contributed by atoms with van der Waals surface area (Å²) in [5.41, 5.74) is -0.329. The van der Waals surface area contributed by atoms with Crippen LogP contribution in [-0.4, -0.2) is 28.1 Å². The highest BCUT2D eigenvalue weighted by Gasteiger charge is 2.15. The lowest BCUT2D eigenvalue weighted by Gasteiger charge is -2.17. The summed E-state index contributed by atoms with van der Waals surface area (Å²) >= 11 is 0. The highest BCUT2D eigenvalue weighted by Crippen LogP contribution is 2.01. The number of nitrogens with one attached hydrogen (secondary N) is 1. The summed E-state index contributed by atoms with van der Waals surface area (Å²) in [7, 11) is 0. The zero-order chi connectivity index (χ0) is 12.2. The SMILES string of the molecule is CC(C)(O)CNC(=O)c1ccc(C#N)cn1. The van der Waals surface area contributed by atoms with Crippen molar-refractivity contribution < 1.29 is 9.90 Å². The van der Waals surface area contributed by atoms with Crippen molar-refractivity contribution in [2.75, 3.05) is 6.54 Å². The minimum atomic E-state index is -0.956. The lowest BCUT2D eigenvalue weighted by atomic mass is 10.1. The van der Waals surface area contributed by atoms with Gasteiger partial charge in [-0.15, -0.1) is 0 Å². The Balaban J connectivity index is 2.64. The molecule has 0 radical (unpaired) electrons. The van der Waals surface area contributed by atoms with E-state index in [0.29, 0.717) is 5.56 Å². The third kappa shape index (κ3) is 3.67. The molecule has 16 heavy (non-hydrogen) atoms. The van der Waals surface area contributed by atoms with Gasteiger partial charge in [-0.25, -0.2) is 4.98 Å². The van der Waals surface area contributed by atoms with Gasteiger partial charge in [0.15, 0.2) is 0 Å². The van der Waals surface area contributed by atoms with Crippen molar-refractivity contribution in [2.24, 2.45) is 0 Å². The highest BCUT2D eigenvalue weighted by atomic mass is 16.3. The zero-order valence-corrected chi connectivity index (χ0v) is 9.19. The van der Waals surface area contributed by atoms with Crippen LogP contribution in [0, 0.1) is 11.3 Å². The van der Waals surface area contributed by atoms with Gasteiger partial charge in [-0.1, -0.05) is 0 Å². The molecule has 0 aliphatic carbocycles. The van der Waals surface area contributed by atoms with Gasteiger partial charge in [0.25, 0.3) is 5.91 Å². The molecule has 1 rings (SSSR count). The maximum Gasteiger partial charge on any atom is 0.269 e. The van der Waals surface area contributed by atoms with Crippen LogP contribution in [0.25, 0.3) is 0 Å². The first-order valence-corrected chi connectivity index (χ1v) is 4.79. The van der Waals surface area contributed by atoms with Gasteiger partial charge >= 0.3 is 0 Å². The van der Waals surface area contributed by atoms with Crippen LogP contribution in [0.3, 0.4) is 0 Å². The van der Waals surface area contributed by atoms with Crippen molar-refractivity contribution in [1.29, 1.82) is 5.26 Å². The Kier molecular flexibility index (Phi) is 3.59. The molecule has 0 spiro atoms. The number of amides is 1. The summed E-state index contributed by atoms with van der Waals surface area (Å²) in [6.07, 6.45) is 1.33. The second-order valence-corrected chi connectivity index (χ2v) is 4.04. The molecule has 1 aromatic rings. The maximum absolute atomic E-state index is 11.5. The Hall–Kier alpha value is -1.93. The van der Waals surface area contributed by atoms with E-state index in [0.717, 1.165) is 0 Å². The van der Waals surface area contributed by atoms with Crippen LogP contribution in [0.2, 0.25) is 0 Å². The van der Waals surface area contributed by atoms with E-state index in [4.69, 9.17) is 5.26 Å². The third-order valence-corrected chi connectivity index (χ3v) is 1.81. The monoisotopic (exact) mass is 219 g/mol. The fourth-order valence-corrected chi connectivity index (χ4v) is 0.981. The van der Waals surface area contributed by atoms with Crippen molar-refractivity contribution in [2.45, 2.75) is 19.4 Å². The topological polar surface area (TPSA) is 86.0 Å². The highest BCUT2D eigenvalue weighted by molar-refractivity contribution is 5.92.